The minimum absolute atomic E-state index is 0.214. The average molecular weight is 302 g/mol. The normalized spacial score (nSPS) is 19.8. The van der Waals surface area contributed by atoms with E-state index < -0.39 is 11.3 Å². The molecule has 0 amide bonds. The Morgan fingerprint density at radius 1 is 1.14 bits per heavy atom. The molecule has 0 aromatic heterocycles. The molecule has 1 aliphatic rings. The summed E-state index contributed by atoms with van der Waals surface area (Å²) in [7, 11) is 0. The van der Waals surface area contributed by atoms with Gasteiger partial charge in [0, 0.05) is 5.41 Å². The third kappa shape index (κ3) is 5.69. The summed E-state index contributed by atoms with van der Waals surface area (Å²) in [6.45, 7) is 9.60. The van der Waals surface area contributed by atoms with Gasteiger partial charge in [-0.05, 0) is 51.0 Å². The molecule has 0 heterocycles. The van der Waals surface area contributed by atoms with Gasteiger partial charge in [-0.2, -0.15) is 0 Å². The van der Waals surface area contributed by atoms with Crippen LogP contribution >= 0.6 is 0 Å². The SMILES string of the molecule is CC(C)OCC1(CC/C=C/C(F)(F)C(C)(C)C)CCCC1. The summed E-state index contributed by atoms with van der Waals surface area (Å²) in [4.78, 5) is 0. The van der Waals surface area contributed by atoms with Gasteiger partial charge in [0.1, 0.15) is 0 Å². The molecule has 0 radical (unpaired) electrons. The van der Waals surface area contributed by atoms with E-state index in [4.69, 9.17) is 4.74 Å². The molecular weight excluding hydrogens is 270 g/mol. The molecule has 21 heavy (non-hydrogen) atoms. The Balaban J connectivity index is 2.51. The predicted molar refractivity (Wildman–Crippen MR) is 84.8 cm³/mol. The number of rotatable bonds is 7. The molecular formula is C18H32F2O. The largest absolute Gasteiger partial charge is 0.378 e. The summed E-state index contributed by atoms with van der Waals surface area (Å²) < 4.78 is 33.5. The van der Waals surface area contributed by atoms with E-state index in [0.717, 1.165) is 19.1 Å². The Kier molecular flexibility index (Phi) is 6.39. The topological polar surface area (TPSA) is 9.23 Å². The maximum Gasteiger partial charge on any atom is 0.271 e. The van der Waals surface area contributed by atoms with Gasteiger partial charge in [-0.1, -0.05) is 39.7 Å². The zero-order valence-corrected chi connectivity index (χ0v) is 14.3. The van der Waals surface area contributed by atoms with Gasteiger partial charge in [-0.3, -0.25) is 0 Å². The second-order valence-electron chi connectivity index (χ2n) is 7.88. The molecule has 0 atom stereocenters. The lowest BCUT2D eigenvalue weighted by Crippen LogP contribution is -2.31. The summed E-state index contributed by atoms with van der Waals surface area (Å²) in [6.07, 6.45) is 9.49. The summed E-state index contributed by atoms with van der Waals surface area (Å²) in [5, 5.41) is 0. The van der Waals surface area contributed by atoms with Gasteiger partial charge in [0.05, 0.1) is 12.7 Å². The number of hydrogen-bond acceptors (Lipinski definition) is 1. The quantitative estimate of drug-likeness (QED) is 0.525. The van der Waals surface area contributed by atoms with E-state index in [2.05, 4.69) is 0 Å². The number of allylic oxidation sites excluding steroid dienone is 2. The first-order valence-electron chi connectivity index (χ1n) is 8.25. The molecule has 0 bridgehead atoms. The smallest absolute Gasteiger partial charge is 0.271 e. The van der Waals surface area contributed by atoms with Crippen LogP contribution in [0.25, 0.3) is 0 Å². The van der Waals surface area contributed by atoms with Gasteiger partial charge in [0.25, 0.3) is 5.92 Å². The van der Waals surface area contributed by atoms with E-state index in [-0.39, 0.29) is 11.5 Å². The Morgan fingerprint density at radius 2 is 1.71 bits per heavy atom. The van der Waals surface area contributed by atoms with Crippen LogP contribution in [-0.2, 0) is 4.74 Å². The summed E-state index contributed by atoms with van der Waals surface area (Å²) in [5.74, 6) is -2.75. The lowest BCUT2D eigenvalue weighted by Gasteiger charge is -2.30. The van der Waals surface area contributed by atoms with Crippen molar-refractivity contribution in [3.63, 3.8) is 0 Å². The van der Waals surface area contributed by atoms with Crippen LogP contribution in [0.3, 0.4) is 0 Å². The highest BCUT2D eigenvalue weighted by Crippen LogP contribution is 2.43. The zero-order valence-electron chi connectivity index (χ0n) is 14.3. The van der Waals surface area contributed by atoms with Crippen molar-refractivity contribution in [2.45, 2.75) is 85.2 Å². The summed E-state index contributed by atoms with van der Waals surface area (Å²) >= 11 is 0. The van der Waals surface area contributed by atoms with Gasteiger partial charge in [-0.15, -0.1) is 0 Å². The third-order valence-corrected chi connectivity index (χ3v) is 4.56. The van der Waals surface area contributed by atoms with Gasteiger partial charge >= 0.3 is 0 Å². The molecule has 1 rings (SSSR count). The van der Waals surface area contributed by atoms with Crippen LogP contribution in [0.4, 0.5) is 8.78 Å². The Morgan fingerprint density at radius 3 is 2.19 bits per heavy atom. The highest BCUT2D eigenvalue weighted by atomic mass is 19.3. The number of halogens is 2. The third-order valence-electron chi connectivity index (χ3n) is 4.56. The molecule has 124 valence electrons. The highest BCUT2D eigenvalue weighted by molar-refractivity contribution is 5.02. The zero-order chi connectivity index (χ0) is 16.1. The number of alkyl halides is 2. The first-order valence-corrected chi connectivity index (χ1v) is 8.25. The van der Waals surface area contributed by atoms with Crippen LogP contribution in [0, 0.1) is 10.8 Å². The lowest BCUT2D eigenvalue weighted by molar-refractivity contribution is -0.0502. The van der Waals surface area contributed by atoms with Crippen molar-refractivity contribution in [3.8, 4) is 0 Å². The van der Waals surface area contributed by atoms with Crippen molar-refractivity contribution >= 4 is 0 Å². The van der Waals surface area contributed by atoms with Gasteiger partial charge in [0.2, 0.25) is 0 Å². The first-order chi connectivity index (χ1) is 9.58. The van der Waals surface area contributed by atoms with Crippen LogP contribution in [0.15, 0.2) is 12.2 Å². The molecule has 0 unspecified atom stereocenters. The Labute approximate surface area is 129 Å². The molecule has 0 spiro atoms. The van der Waals surface area contributed by atoms with Crippen LogP contribution < -0.4 is 0 Å². The maximum absolute atomic E-state index is 13.9. The minimum Gasteiger partial charge on any atom is -0.378 e. The molecule has 0 N–H and O–H groups in total. The number of ether oxygens (including phenoxy) is 1. The van der Waals surface area contributed by atoms with E-state index in [1.165, 1.54) is 25.7 Å². The molecule has 0 aliphatic heterocycles. The van der Waals surface area contributed by atoms with Crippen molar-refractivity contribution in [3.05, 3.63) is 12.2 Å². The molecule has 1 aliphatic carbocycles. The fourth-order valence-electron chi connectivity index (χ4n) is 2.81. The molecule has 0 saturated heterocycles. The summed E-state index contributed by atoms with van der Waals surface area (Å²) in [6, 6.07) is 0. The van der Waals surface area contributed by atoms with Gasteiger partial charge in [-0.25, -0.2) is 8.78 Å². The van der Waals surface area contributed by atoms with Gasteiger partial charge in [0.15, 0.2) is 0 Å². The molecule has 0 aromatic carbocycles. The second-order valence-corrected chi connectivity index (χ2v) is 7.88. The highest BCUT2D eigenvalue weighted by Gasteiger charge is 2.40. The predicted octanol–water partition coefficient (Wildman–Crippen LogP) is 5.99. The van der Waals surface area contributed by atoms with E-state index >= 15 is 0 Å². The lowest BCUT2D eigenvalue weighted by atomic mass is 9.82. The Bertz CT molecular complexity index is 334. The van der Waals surface area contributed by atoms with Crippen LogP contribution in [-0.4, -0.2) is 18.6 Å². The van der Waals surface area contributed by atoms with Crippen molar-refractivity contribution in [1.82, 2.24) is 0 Å². The molecule has 0 aromatic rings. The van der Waals surface area contributed by atoms with Crippen molar-refractivity contribution in [2.75, 3.05) is 6.61 Å². The van der Waals surface area contributed by atoms with Crippen LogP contribution in [0.1, 0.15) is 73.1 Å². The standard InChI is InChI=1S/C18H32F2O/c1-15(2)21-14-17(10-6-7-11-17)12-8-9-13-18(19,20)16(3,4)5/h9,13,15H,6-8,10-12,14H2,1-5H3/b13-9+. The number of hydrogen-bond donors (Lipinski definition) is 0. The molecule has 1 nitrogen and oxygen atoms in total. The van der Waals surface area contributed by atoms with Crippen LogP contribution in [0.2, 0.25) is 0 Å². The monoisotopic (exact) mass is 302 g/mol. The van der Waals surface area contributed by atoms with Gasteiger partial charge < -0.3 is 4.74 Å². The van der Waals surface area contributed by atoms with Crippen LogP contribution in [0.5, 0.6) is 0 Å². The first kappa shape index (κ1) is 18.6. The second kappa shape index (κ2) is 7.21. The molecule has 3 heteroatoms. The fraction of sp³-hybridized carbons (Fsp3) is 0.889. The molecule has 1 saturated carbocycles. The van der Waals surface area contributed by atoms with Crippen molar-refractivity contribution in [2.24, 2.45) is 10.8 Å². The van der Waals surface area contributed by atoms with E-state index in [1.807, 2.05) is 13.8 Å². The fourth-order valence-corrected chi connectivity index (χ4v) is 2.81. The van der Waals surface area contributed by atoms with E-state index in [1.54, 1.807) is 26.8 Å². The average Bonchev–Trinajstić information content (AvgIpc) is 2.80. The van der Waals surface area contributed by atoms with Crippen molar-refractivity contribution < 1.29 is 13.5 Å². The van der Waals surface area contributed by atoms with E-state index in [0.29, 0.717) is 6.42 Å². The maximum atomic E-state index is 13.9. The van der Waals surface area contributed by atoms with Crippen molar-refractivity contribution in [1.29, 1.82) is 0 Å². The Hall–Kier alpha value is -0.440. The summed E-state index contributed by atoms with van der Waals surface area (Å²) in [5.41, 5.74) is -0.805. The minimum atomic E-state index is -2.75. The van der Waals surface area contributed by atoms with E-state index in [9.17, 15) is 8.78 Å². The molecule has 1 fully saturated rings.